The predicted octanol–water partition coefficient (Wildman–Crippen LogP) is 1.73. The summed E-state index contributed by atoms with van der Waals surface area (Å²) in [6, 6.07) is 2.14. The third-order valence-electron chi connectivity index (χ3n) is 2.66. The van der Waals surface area contributed by atoms with Crippen LogP contribution in [-0.2, 0) is 0 Å². The molecule has 4 nitrogen and oxygen atoms in total. The molecule has 0 amide bonds. The van der Waals surface area contributed by atoms with Crippen molar-refractivity contribution in [2.24, 2.45) is 0 Å². The van der Waals surface area contributed by atoms with Crippen LogP contribution in [0, 0.1) is 0 Å². The summed E-state index contributed by atoms with van der Waals surface area (Å²) in [6.45, 7) is 0. The Bertz CT molecular complexity index is 485. The Morgan fingerprint density at radius 2 is 2.13 bits per heavy atom. The predicted molar refractivity (Wildman–Crippen MR) is 57.7 cm³/mol. The maximum Gasteiger partial charge on any atom is 0.0832 e. The molecular weight excluding hydrogens is 188 g/mol. The second kappa shape index (κ2) is 3.08. The van der Waals surface area contributed by atoms with Gasteiger partial charge in [-0.25, -0.2) is 4.68 Å². The van der Waals surface area contributed by atoms with Crippen LogP contribution in [0.25, 0.3) is 5.69 Å². The van der Waals surface area contributed by atoms with Crippen molar-refractivity contribution in [2.75, 3.05) is 5.73 Å². The van der Waals surface area contributed by atoms with Gasteiger partial charge < -0.3 is 5.73 Å². The van der Waals surface area contributed by atoms with Crippen molar-refractivity contribution in [3.63, 3.8) is 0 Å². The first-order valence-corrected chi connectivity index (χ1v) is 5.08. The van der Waals surface area contributed by atoms with Crippen LogP contribution in [0.3, 0.4) is 0 Å². The number of rotatable bonds is 2. The zero-order chi connectivity index (χ0) is 10.3. The minimum Gasteiger partial charge on any atom is -0.396 e. The van der Waals surface area contributed by atoms with E-state index in [1.807, 2.05) is 6.20 Å². The highest BCUT2D eigenvalue weighted by Gasteiger charge is 2.23. The first-order valence-electron chi connectivity index (χ1n) is 5.08. The summed E-state index contributed by atoms with van der Waals surface area (Å²) in [6.07, 6.45) is 9.75. The molecule has 0 unspecified atom stereocenters. The molecule has 1 aliphatic rings. The lowest BCUT2D eigenvalue weighted by molar-refractivity contribution is 0.868. The molecule has 0 saturated heterocycles. The quantitative estimate of drug-likeness (QED) is 0.803. The summed E-state index contributed by atoms with van der Waals surface area (Å²) >= 11 is 0. The number of nitrogen functional groups attached to an aromatic ring is 1. The number of anilines is 1. The molecule has 0 spiro atoms. The lowest BCUT2D eigenvalue weighted by Crippen LogP contribution is -1.96. The maximum atomic E-state index is 5.62. The van der Waals surface area contributed by atoms with E-state index in [1.165, 1.54) is 18.4 Å². The molecule has 1 saturated carbocycles. The first kappa shape index (κ1) is 8.47. The molecule has 2 aromatic heterocycles. The van der Waals surface area contributed by atoms with Crippen molar-refractivity contribution in [3.05, 3.63) is 36.4 Å². The van der Waals surface area contributed by atoms with E-state index in [9.17, 15) is 0 Å². The second-order valence-electron chi connectivity index (χ2n) is 3.97. The summed E-state index contributed by atoms with van der Waals surface area (Å²) in [5.41, 5.74) is 8.58. The van der Waals surface area contributed by atoms with Gasteiger partial charge in [-0.2, -0.15) is 5.10 Å². The molecular formula is C11H12N4. The highest BCUT2D eigenvalue weighted by atomic mass is 15.3. The van der Waals surface area contributed by atoms with Crippen molar-refractivity contribution in [1.29, 1.82) is 0 Å². The molecule has 2 N–H and O–H groups in total. The van der Waals surface area contributed by atoms with Crippen molar-refractivity contribution >= 4 is 5.69 Å². The minimum atomic E-state index is 0.673. The van der Waals surface area contributed by atoms with Crippen LogP contribution >= 0.6 is 0 Å². The van der Waals surface area contributed by atoms with E-state index >= 15 is 0 Å². The van der Waals surface area contributed by atoms with Crippen molar-refractivity contribution in [3.8, 4) is 5.69 Å². The van der Waals surface area contributed by atoms with E-state index < -0.39 is 0 Å². The van der Waals surface area contributed by atoms with Crippen molar-refractivity contribution in [2.45, 2.75) is 18.8 Å². The van der Waals surface area contributed by atoms with Gasteiger partial charge in [-0.15, -0.1) is 0 Å². The SMILES string of the molecule is Nc1cnn(-c2cncc(C3CC3)c2)c1. The van der Waals surface area contributed by atoms with Gasteiger partial charge in [-0.05, 0) is 30.4 Å². The molecule has 0 atom stereocenters. The molecule has 0 bridgehead atoms. The average Bonchev–Trinajstić information content (AvgIpc) is 3.02. The fourth-order valence-corrected chi connectivity index (χ4v) is 1.69. The Kier molecular flexibility index (Phi) is 1.74. The van der Waals surface area contributed by atoms with E-state index in [0.717, 1.165) is 5.69 Å². The van der Waals surface area contributed by atoms with E-state index in [2.05, 4.69) is 16.1 Å². The Morgan fingerprint density at radius 3 is 2.80 bits per heavy atom. The largest absolute Gasteiger partial charge is 0.396 e. The minimum absolute atomic E-state index is 0.673. The molecule has 0 radical (unpaired) electrons. The molecule has 2 aromatic rings. The van der Waals surface area contributed by atoms with Crippen LogP contribution in [0.1, 0.15) is 24.3 Å². The number of nitrogens with two attached hydrogens (primary N) is 1. The van der Waals surface area contributed by atoms with Crippen molar-refractivity contribution in [1.82, 2.24) is 14.8 Å². The lowest BCUT2D eigenvalue weighted by Gasteiger charge is -2.02. The Morgan fingerprint density at radius 1 is 1.27 bits per heavy atom. The zero-order valence-corrected chi connectivity index (χ0v) is 8.30. The molecule has 3 rings (SSSR count). The third kappa shape index (κ3) is 1.58. The van der Waals surface area contributed by atoms with Crippen molar-refractivity contribution < 1.29 is 0 Å². The number of hydrogen-bond donors (Lipinski definition) is 1. The van der Waals surface area contributed by atoms with Gasteiger partial charge in [0.05, 0.1) is 30.0 Å². The fourth-order valence-electron chi connectivity index (χ4n) is 1.69. The highest BCUT2D eigenvalue weighted by molar-refractivity contribution is 5.39. The second-order valence-corrected chi connectivity index (χ2v) is 3.97. The van der Waals surface area contributed by atoms with E-state index in [-0.39, 0.29) is 0 Å². The number of pyridine rings is 1. The summed E-state index contributed by atoms with van der Waals surface area (Å²) in [5.74, 6) is 0.713. The van der Waals surface area contributed by atoms with Crippen LogP contribution in [0.15, 0.2) is 30.9 Å². The summed E-state index contributed by atoms with van der Waals surface area (Å²) in [7, 11) is 0. The topological polar surface area (TPSA) is 56.7 Å². The van der Waals surface area contributed by atoms with Gasteiger partial charge in [0.25, 0.3) is 0 Å². The molecule has 15 heavy (non-hydrogen) atoms. The van der Waals surface area contributed by atoms with Gasteiger partial charge in [-0.3, -0.25) is 4.98 Å². The monoisotopic (exact) mass is 200 g/mol. The summed E-state index contributed by atoms with van der Waals surface area (Å²) < 4.78 is 1.76. The summed E-state index contributed by atoms with van der Waals surface area (Å²) in [4.78, 5) is 4.23. The summed E-state index contributed by atoms with van der Waals surface area (Å²) in [5, 5.41) is 4.16. The van der Waals surface area contributed by atoms with E-state index in [0.29, 0.717) is 11.6 Å². The third-order valence-corrected chi connectivity index (χ3v) is 2.66. The lowest BCUT2D eigenvalue weighted by atomic mass is 10.2. The fraction of sp³-hybridized carbons (Fsp3) is 0.273. The standard InChI is InChI=1S/C11H12N4/c12-10-5-14-15(7-10)11-3-9(4-13-6-11)8-1-2-8/h3-8H,1-2,12H2. The van der Waals surface area contributed by atoms with E-state index in [4.69, 9.17) is 5.73 Å². The number of nitrogens with zero attached hydrogens (tertiary/aromatic N) is 3. The number of aromatic nitrogens is 3. The van der Waals surface area contributed by atoms with Crippen LogP contribution in [0.5, 0.6) is 0 Å². The van der Waals surface area contributed by atoms with E-state index in [1.54, 1.807) is 23.3 Å². The van der Waals surface area contributed by atoms with Crippen LogP contribution < -0.4 is 5.73 Å². The van der Waals surface area contributed by atoms with Gasteiger partial charge in [-0.1, -0.05) is 0 Å². The molecule has 0 aromatic carbocycles. The molecule has 1 fully saturated rings. The number of hydrogen-bond acceptors (Lipinski definition) is 3. The zero-order valence-electron chi connectivity index (χ0n) is 8.30. The smallest absolute Gasteiger partial charge is 0.0832 e. The van der Waals surface area contributed by atoms with Crippen LogP contribution in [0.4, 0.5) is 5.69 Å². The van der Waals surface area contributed by atoms with Gasteiger partial charge in [0, 0.05) is 6.20 Å². The molecule has 76 valence electrons. The Balaban J connectivity index is 2.00. The molecule has 4 heteroatoms. The molecule has 2 heterocycles. The highest BCUT2D eigenvalue weighted by Crippen LogP contribution is 2.40. The molecule has 0 aliphatic heterocycles. The van der Waals surface area contributed by atoms with Gasteiger partial charge in [0.15, 0.2) is 0 Å². The Labute approximate surface area is 87.7 Å². The average molecular weight is 200 g/mol. The van der Waals surface area contributed by atoms with Gasteiger partial charge >= 0.3 is 0 Å². The first-order chi connectivity index (χ1) is 7.33. The molecule has 1 aliphatic carbocycles. The van der Waals surface area contributed by atoms with Gasteiger partial charge in [0.1, 0.15) is 0 Å². The Hall–Kier alpha value is -1.84. The normalized spacial score (nSPS) is 15.5. The van der Waals surface area contributed by atoms with Crippen LogP contribution in [0.2, 0.25) is 0 Å². The van der Waals surface area contributed by atoms with Gasteiger partial charge in [0.2, 0.25) is 0 Å². The maximum absolute atomic E-state index is 5.62. The van der Waals surface area contributed by atoms with Crippen LogP contribution in [-0.4, -0.2) is 14.8 Å².